The maximum Gasteiger partial charge on any atom is 0.238 e. The maximum absolute atomic E-state index is 11.0. The molecule has 0 bridgehead atoms. The molecule has 3 nitrogen and oxygen atoms in total. The number of fused-ring (bicyclic) bond motifs is 1. The molecular weight excluding hydrogens is 234 g/mol. The van der Waals surface area contributed by atoms with Crippen LogP contribution >= 0.6 is 10.7 Å². The molecule has 0 saturated heterocycles. The van der Waals surface area contributed by atoms with Crippen LogP contribution in [0.2, 0.25) is 0 Å². The minimum atomic E-state index is -3.50. The Kier molecular flexibility index (Phi) is 2.48. The average Bonchev–Trinajstić information content (AvgIpc) is 2.42. The summed E-state index contributed by atoms with van der Waals surface area (Å²) in [5.41, 5.74) is 1.71. The van der Waals surface area contributed by atoms with Crippen molar-refractivity contribution >= 4 is 30.6 Å². The standard InChI is InChI=1S/C10H10ClNO2S/c1-12-9(7-15(11,13)14)6-8-4-2-3-5-10(8)12/h2-6H,7H2,1H3. The highest BCUT2D eigenvalue weighted by Crippen LogP contribution is 2.20. The van der Waals surface area contributed by atoms with Gasteiger partial charge < -0.3 is 4.57 Å². The fraction of sp³-hybridized carbons (Fsp3) is 0.200. The van der Waals surface area contributed by atoms with Gasteiger partial charge in [0.05, 0.1) is 0 Å². The fourth-order valence-electron chi connectivity index (χ4n) is 1.66. The monoisotopic (exact) mass is 243 g/mol. The molecule has 1 aromatic heterocycles. The Morgan fingerprint density at radius 3 is 2.60 bits per heavy atom. The number of rotatable bonds is 2. The van der Waals surface area contributed by atoms with E-state index in [1.165, 1.54) is 0 Å². The highest BCUT2D eigenvalue weighted by molar-refractivity contribution is 8.13. The van der Waals surface area contributed by atoms with Crippen molar-refractivity contribution in [2.24, 2.45) is 7.05 Å². The van der Waals surface area contributed by atoms with Crippen molar-refractivity contribution in [1.29, 1.82) is 0 Å². The minimum absolute atomic E-state index is 0.139. The zero-order chi connectivity index (χ0) is 11.1. The van der Waals surface area contributed by atoms with E-state index in [2.05, 4.69) is 0 Å². The molecule has 0 saturated carbocycles. The number of hydrogen-bond donors (Lipinski definition) is 0. The molecule has 0 aliphatic heterocycles. The molecule has 2 aromatic rings. The second-order valence-corrected chi connectivity index (χ2v) is 6.21. The van der Waals surface area contributed by atoms with Gasteiger partial charge in [0.2, 0.25) is 9.05 Å². The largest absolute Gasteiger partial charge is 0.347 e. The molecule has 15 heavy (non-hydrogen) atoms. The molecule has 1 aromatic carbocycles. The van der Waals surface area contributed by atoms with E-state index in [0.29, 0.717) is 5.69 Å². The van der Waals surface area contributed by atoms with E-state index in [4.69, 9.17) is 10.7 Å². The average molecular weight is 244 g/mol. The van der Waals surface area contributed by atoms with Gasteiger partial charge in [-0.25, -0.2) is 8.42 Å². The molecule has 0 spiro atoms. The Hall–Kier alpha value is -1.00. The van der Waals surface area contributed by atoms with Crippen molar-refractivity contribution in [3.8, 4) is 0 Å². The van der Waals surface area contributed by atoms with E-state index in [9.17, 15) is 8.42 Å². The first-order valence-electron chi connectivity index (χ1n) is 4.43. The Morgan fingerprint density at radius 2 is 2.00 bits per heavy atom. The Morgan fingerprint density at radius 1 is 1.33 bits per heavy atom. The third-order valence-electron chi connectivity index (χ3n) is 2.37. The van der Waals surface area contributed by atoms with Crippen molar-refractivity contribution < 1.29 is 8.42 Å². The van der Waals surface area contributed by atoms with Gasteiger partial charge >= 0.3 is 0 Å². The van der Waals surface area contributed by atoms with E-state index in [0.717, 1.165) is 10.9 Å². The summed E-state index contributed by atoms with van der Waals surface area (Å²) in [6.45, 7) is 0. The van der Waals surface area contributed by atoms with Crippen LogP contribution in [0.3, 0.4) is 0 Å². The first-order valence-corrected chi connectivity index (χ1v) is 6.91. The number of halogens is 1. The molecule has 0 amide bonds. The van der Waals surface area contributed by atoms with Gasteiger partial charge in [-0.3, -0.25) is 0 Å². The van der Waals surface area contributed by atoms with Crippen LogP contribution in [0.1, 0.15) is 5.69 Å². The molecule has 0 N–H and O–H groups in total. The van der Waals surface area contributed by atoms with Crippen molar-refractivity contribution in [3.05, 3.63) is 36.0 Å². The summed E-state index contributed by atoms with van der Waals surface area (Å²) in [6.07, 6.45) is 0. The molecule has 0 fully saturated rings. The molecule has 5 heteroatoms. The molecule has 0 atom stereocenters. The maximum atomic E-state index is 11.0. The van der Waals surface area contributed by atoms with Crippen LogP contribution in [0.15, 0.2) is 30.3 Å². The SMILES string of the molecule is Cn1c(CS(=O)(=O)Cl)cc2ccccc21. The van der Waals surface area contributed by atoms with Gasteiger partial charge in [0.15, 0.2) is 0 Å². The van der Waals surface area contributed by atoms with Crippen molar-refractivity contribution in [2.75, 3.05) is 0 Å². The van der Waals surface area contributed by atoms with E-state index in [1.54, 1.807) is 0 Å². The zero-order valence-electron chi connectivity index (χ0n) is 8.14. The quantitative estimate of drug-likeness (QED) is 0.759. The van der Waals surface area contributed by atoms with Crippen LogP contribution in [-0.4, -0.2) is 13.0 Å². The molecule has 80 valence electrons. The number of aromatic nitrogens is 1. The minimum Gasteiger partial charge on any atom is -0.347 e. The van der Waals surface area contributed by atoms with Crippen LogP contribution in [0.5, 0.6) is 0 Å². The van der Waals surface area contributed by atoms with Gasteiger partial charge in [0.25, 0.3) is 0 Å². The highest BCUT2D eigenvalue weighted by atomic mass is 35.7. The van der Waals surface area contributed by atoms with Gasteiger partial charge in [-0.2, -0.15) is 0 Å². The lowest BCUT2D eigenvalue weighted by Crippen LogP contribution is -2.01. The zero-order valence-corrected chi connectivity index (χ0v) is 9.72. The third kappa shape index (κ3) is 2.16. The van der Waals surface area contributed by atoms with Gasteiger partial charge in [-0.1, -0.05) is 18.2 Å². The first kappa shape index (κ1) is 10.5. The number of hydrogen-bond acceptors (Lipinski definition) is 2. The third-order valence-corrected chi connectivity index (χ3v) is 3.34. The predicted octanol–water partition coefficient (Wildman–Crippen LogP) is 2.25. The van der Waals surface area contributed by atoms with Gasteiger partial charge in [0.1, 0.15) is 5.75 Å². The van der Waals surface area contributed by atoms with Gasteiger partial charge in [0, 0.05) is 28.9 Å². The van der Waals surface area contributed by atoms with Crippen LogP contribution in [-0.2, 0) is 21.9 Å². The lowest BCUT2D eigenvalue weighted by atomic mass is 10.2. The topological polar surface area (TPSA) is 39.1 Å². The summed E-state index contributed by atoms with van der Waals surface area (Å²) in [6, 6.07) is 9.57. The highest BCUT2D eigenvalue weighted by Gasteiger charge is 2.12. The summed E-state index contributed by atoms with van der Waals surface area (Å²) in [5, 5.41) is 1.02. The first-order chi connectivity index (χ1) is 6.97. The summed E-state index contributed by atoms with van der Waals surface area (Å²) in [4.78, 5) is 0. The second kappa shape index (κ2) is 3.54. The molecule has 2 rings (SSSR count). The van der Waals surface area contributed by atoms with Crippen LogP contribution in [0.4, 0.5) is 0 Å². The number of nitrogens with zero attached hydrogens (tertiary/aromatic N) is 1. The Balaban J connectivity index is 2.58. The normalized spacial score (nSPS) is 12.1. The van der Waals surface area contributed by atoms with Crippen LogP contribution < -0.4 is 0 Å². The summed E-state index contributed by atoms with van der Waals surface area (Å²) in [5.74, 6) is -0.139. The summed E-state index contributed by atoms with van der Waals surface area (Å²) < 4.78 is 23.8. The van der Waals surface area contributed by atoms with Crippen LogP contribution in [0.25, 0.3) is 10.9 Å². The summed E-state index contributed by atoms with van der Waals surface area (Å²) >= 11 is 0. The Labute approximate surface area is 92.7 Å². The number of aryl methyl sites for hydroxylation is 1. The molecule has 1 heterocycles. The molecule has 0 aliphatic rings. The number of para-hydroxylation sites is 1. The van der Waals surface area contributed by atoms with Gasteiger partial charge in [-0.15, -0.1) is 0 Å². The molecule has 0 unspecified atom stereocenters. The van der Waals surface area contributed by atoms with E-state index >= 15 is 0 Å². The van der Waals surface area contributed by atoms with Crippen molar-refractivity contribution in [1.82, 2.24) is 4.57 Å². The van der Waals surface area contributed by atoms with E-state index in [-0.39, 0.29) is 5.75 Å². The van der Waals surface area contributed by atoms with Crippen LogP contribution in [0, 0.1) is 0 Å². The fourth-order valence-corrected chi connectivity index (χ4v) is 2.63. The second-order valence-electron chi connectivity index (χ2n) is 3.44. The number of benzene rings is 1. The molecule has 0 radical (unpaired) electrons. The lowest BCUT2D eigenvalue weighted by molar-refractivity contribution is 0.607. The summed E-state index contributed by atoms with van der Waals surface area (Å²) in [7, 11) is 3.56. The predicted molar refractivity (Wildman–Crippen MR) is 61.4 cm³/mol. The lowest BCUT2D eigenvalue weighted by Gasteiger charge is -2.01. The molecule has 0 aliphatic carbocycles. The Bertz CT molecular complexity index is 601. The van der Waals surface area contributed by atoms with Gasteiger partial charge in [-0.05, 0) is 17.5 Å². The molecular formula is C10H10ClNO2S. The van der Waals surface area contributed by atoms with E-state index < -0.39 is 9.05 Å². The van der Waals surface area contributed by atoms with Crippen molar-refractivity contribution in [2.45, 2.75) is 5.75 Å². The van der Waals surface area contributed by atoms with E-state index in [1.807, 2.05) is 41.9 Å². The van der Waals surface area contributed by atoms with Crippen molar-refractivity contribution in [3.63, 3.8) is 0 Å². The smallest absolute Gasteiger partial charge is 0.238 e.